The Morgan fingerprint density at radius 1 is 1.24 bits per heavy atom. The van der Waals surface area contributed by atoms with E-state index in [1.54, 1.807) is 16.2 Å². The Bertz CT molecular complexity index is 841. The van der Waals surface area contributed by atoms with Gasteiger partial charge in [0.1, 0.15) is 5.75 Å². The molecule has 1 fully saturated rings. The van der Waals surface area contributed by atoms with Crippen molar-refractivity contribution in [3.05, 3.63) is 50.6 Å². The lowest BCUT2D eigenvalue weighted by atomic mass is 9.91. The van der Waals surface area contributed by atoms with Crippen molar-refractivity contribution in [2.75, 3.05) is 20.1 Å². The van der Waals surface area contributed by atoms with E-state index in [9.17, 15) is 0 Å². The predicted molar refractivity (Wildman–Crippen MR) is 103 cm³/mol. The van der Waals surface area contributed by atoms with Gasteiger partial charge >= 0.3 is 0 Å². The molecule has 4 nitrogen and oxygen atoms in total. The number of quaternary nitrogens is 1. The zero-order valence-corrected chi connectivity index (χ0v) is 16.6. The first-order valence-corrected chi connectivity index (χ1v) is 10.5. The van der Waals surface area contributed by atoms with E-state index in [4.69, 9.17) is 9.84 Å². The maximum absolute atomic E-state index is 6.61. The van der Waals surface area contributed by atoms with Crippen molar-refractivity contribution in [3.8, 4) is 5.75 Å². The van der Waals surface area contributed by atoms with Crippen LogP contribution in [0, 0.1) is 0 Å². The second-order valence-electron chi connectivity index (χ2n) is 7.26. The Kier molecular flexibility index (Phi) is 3.69. The number of hydrazone groups is 1. The fourth-order valence-corrected chi connectivity index (χ4v) is 5.62. The molecule has 1 spiro atoms. The summed E-state index contributed by atoms with van der Waals surface area (Å²) in [5.74, 6) is 1.05. The zero-order chi connectivity index (χ0) is 17.0. The third-order valence-electron chi connectivity index (χ3n) is 5.65. The van der Waals surface area contributed by atoms with Crippen LogP contribution in [0.4, 0.5) is 0 Å². The first kappa shape index (κ1) is 15.9. The summed E-state index contributed by atoms with van der Waals surface area (Å²) in [7, 11) is 2.27. The molecular weight excluding hydrogens is 398 g/mol. The third kappa shape index (κ3) is 2.54. The van der Waals surface area contributed by atoms with Crippen molar-refractivity contribution in [2.45, 2.75) is 31.0 Å². The Labute approximate surface area is 160 Å². The highest BCUT2D eigenvalue weighted by molar-refractivity contribution is 9.11. The van der Waals surface area contributed by atoms with Crippen LogP contribution in [0.25, 0.3) is 0 Å². The summed E-state index contributed by atoms with van der Waals surface area (Å²) in [6.07, 6.45) is 3.00. The van der Waals surface area contributed by atoms with E-state index in [1.807, 2.05) is 0 Å². The summed E-state index contributed by atoms with van der Waals surface area (Å²) in [5, 5.41) is 7.40. The normalized spacial score (nSPS) is 30.6. The third-order valence-corrected chi connectivity index (χ3v) is 7.32. The van der Waals surface area contributed by atoms with Crippen LogP contribution in [-0.2, 0) is 0 Å². The summed E-state index contributed by atoms with van der Waals surface area (Å²) < 4.78 is 7.77. The summed E-state index contributed by atoms with van der Waals surface area (Å²) in [4.78, 5) is 2.84. The van der Waals surface area contributed by atoms with E-state index in [1.165, 1.54) is 16.2 Å². The molecule has 0 bridgehead atoms. The van der Waals surface area contributed by atoms with E-state index in [-0.39, 0.29) is 5.72 Å². The van der Waals surface area contributed by atoms with Crippen molar-refractivity contribution in [1.29, 1.82) is 0 Å². The molecule has 3 aliphatic rings. The zero-order valence-electron chi connectivity index (χ0n) is 14.2. The fourth-order valence-electron chi connectivity index (χ4n) is 4.25. The number of thiophene rings is 1. The molecule has 1 N–H and O–H groups in total. The highest BCUT2D eigenvalue weighted by Crippen LogP contribution is 2.49. The lowest BCUT2D eigenvalue weighted by molar-refractivity contribution is -0.888. The number of benzene rings is 1. The second kappa shape index (κ2) is 5.83. The molecule has 6 heteroatoms. The van der Waals surface area contributed by atoms with Crippen LogP contribution in [0.1, 0.15) is 35.7 Å². The monoisotopic (exact) mass is 418 g/mol. The molecule has 4 heterocycles. The molecule has 0 aliphatic carbocycles. The van der Waals surface area contributed by atoms with E-state index >= 15 is 0 Å². The van der Waals surface area contributed by atoms with Crippen molar-refractivity contribution in [2.24, 2.45) is 5.10 Å². The van der Waals surface area contributed by atoms with Crippen molar-refractivity contribution in [1.82, 2.24) is 5.01 Å². The van der Waals surface area contributed by atoms with Gasteiger partial charge < -0.3 is 9.64 Å². The van der Waals surface area contributed by atoms with Gasteiger partial charge in [-0.3, -0.25) is 0 Å². The molecule has 2 aromatic rings. The molecule has 130 valence electrons. The lowest BCUT2D eigenvalue weighted by Gasteiger charge is -2.49. The minimum Gasteiger partial charge on any atom is -0.466 e. The Morgan fingerprint density at radius 2 is 2.04 bits per heavy atom. The maximum atomic E-state index is 6.61. The molecule has 0 saturated carbocycles. The molecule has 3 aliphatic heterocycles. The number of nitrogens with one attached hydrogen (secondary N) is 1. The van der Waals surface area contributed by atoms with Crippen LogP contribution in [0.3, 0.4) is 0 Å². The van der Waals surface area contributed by atoms with Crippen LogP contribution in [0.15, 0.2) is 45.3 Å². The number of hydrogen-bond acceptors (Lipinski definition) is 4. The van der Waals surface area contributed by atoms with Gasteiger partial charge in [0.25, 0.3) is 0 Å². The summed E-state index contributed by atoms with van der Waals surface area (Å²) >= 11 is 5.34. The van der Waals surface area contributed by atoms with Crippen molar-refractivity contribution in [3.63, 3.8) is 0 Å². The van der Waals surface area contributed by atoms with Gasteiger partial charge in [-0.2, -0.15) is 5.10 Å². The van der Waals surface area contributed by atoms with Gasteiger partial charge in [-0.15, -0.1) is 11.3 Å². The predicted octanol–water partition coefficient (Wildman–Crippen LogP) is 3.06. The SMILES string of the molecule is C[NH+]1CCC2(CC1)Oc1ccccc1[C@@H]1CC(c3ccc(Br)s3)=NN12. The van der Waals surface area contributed by atoms with E-state index in [0.717, 1.165) is 41.9 Å². The topological polar surface area (TPSA) is 29.3 Å². The summed E-state index contributed by atoms with van der Waals surface area (Å²) in [6, 6.07) is 13.1. The van der Waals surface area contributed by atoms with Gasteiger partial charge in [0.15, 0.2) is 0 Å². The number of likely N-dealkylation sites (tertiary alicyclic amines) is 1. The highest BCUT2D eigenvalue weighted by atomic mass is 79.9. The Hall–Kier alpha value is -1.37. The highest BCUT2D eigenvalue weighted by Gasteiger charge is 2.52. The van der Waals surface area contributed by atoms with Crippen molar-refractivity contribution < 1.29 is 9.64 Å². The standard InChI is InChI=1S/C19H20BrN3OS/c1-22-10-8-19(9-11-22)23-15(13-4-2-3-5-16(13)24-19)12-14(21-23)17-6-7-18(20)25-17/h2-7,15H,8-12H2,1H3/p+1/t15-/m0/s1. The van der Waals surface area contributed by atoms with Gasteiger partial charge in [0.05, 0.1) is 53.4 Å². The Morgan fingerprint density at radius 3 is 2.80 bits per heavy atom. The number of nitrogens with zero attached hydrogens (tertiary/aromatic N) is 2. The first-order valence-electron chi connectivity index (χ1n) is 8.86. The summed E-state index contributed by atoms with van der Waals surface area (Å²) in [6.45, 7) is 2.25. The largest absolute Gasteiger partial charge is 0.466 e. The molecule has 0 unspecified atom stereocenters. The summed E-state index contributed by atoms with van der Waals surface area (Å²) in [5.41, 5.74) is 2.18. The van der Waals surface area contributed by atoms with Gasteiger partial charge in [-0.1, -0.05) is 18.2 Å². The van der Waals surface area contributed by atoms with Crippen LogP contribution >= 0.6 is 27.3 Å². The minimum atomic E-state index is -0.283. The molecule has 1 saturated heterocycles. The molecule has 0 radical (unpaired) electrons. The quantitative estimate of drug-likeness (QED) is 0.770. The van der Waals surface area contributed by atoms with Crippen LogP contribution < -0.4 is 9.64 Å². The lowest BCUT2D eigenvalue weighted by Crippen LogP contribution is -3.11. The van der Waals surface area contributed by atoms with Crippen LogP contribution in [-0.4, -0.2) is 36.6 Å². The molecule has 5 rings (SSSR count). The molecule has 1 atom stereocenters. The smallest absolute Gasteiger partial charge is 0.208 e. The van der Waals surface area contributed by atoms with Gasteiger partial charge in [0, 0.05) is 12.0 Å². The van der Waals surface area contributed by atoms with Crippen LogP contribution in [0.5, 0.6) is 5.75 Å². The number of hydrogen-bond donors (Lipinski definition) is 1. The number of para-hydroxylation sites is 1. The number of rotatable bonds is 1. The number of ether oxygens (including phenoxy) is 1. The molecular formula is C19H21BrN3OS+. The second-order valence-corrected chi connectivity index (χ2v) is 9.72. The number of halogens is 1. The average molecular weight is 419 g/mol. The molecule has 1 aromatic carbocycles. The molecule has 0 amide bonds. The average Bonchev–Trinajstić information content (AvgIpc) is 3.25. The minimum absolute atomic E-state index is 0.283. The van der Waals surface area contributed by atoms with Gasteiger partial charge in [-0.25, -0.2) is 5.01 Å². The molecule has 25 heavy (non-hydrogen) atoms. The number of fused-ring (bicyclic) bond motifs is 4. The molecule has 1 aromatic heterocycles. The fraction of sp³-hybridized carbons (Fsp3) is 0.421. The first-order chi connectivity index (χ1) is 12.1. The van der Waals surface area contributed by atoms with Gasteiger partial charge in [0.2, 0.25) is 5.72 Å². The van der Waals surface area contributed by atoms with Crippen molar-refractivity contribution >= 4 is 33.0 Å². The van der Waals surface area contributed by atoms with Gasteiger partial charge in [-0.05, 0) is 34.1 Å². The van der Waals surface area contributed by atoms with Crippen LogP contribution in [0.2, 0.25) is 0 Å². The maximum Gasteiger partial charge on any atom is 0.208 e. The van der Waals surface area contributed by atoms with E-state index < -0.39 is 0 Å². The van der Waals surface area contributed by atoms with E-state index in [0.29, 0.717) is 6.04 Å². The van der Waals surface area contributed by atoms with E-state index in [2.05, 4.69) is 64.4 Å². The Balaban J connectivity index is 1.58. The number of piperidine rings is 1.